The van der Waals surface area contributed by atoms with Crippen molar-refractivity contribution in [3.05, 3.63) is 249 Å². The van der Waals surface area contributed by atoms with E-state index in [1.807, 2.05) is 166 Å². The first-order chi connectivity index (χ1) is 51.5. The largest absolute Gasteiger partial charge is 0.490 e. The molecule has 11 aromatic rings. The van der Waals surface area contributed by atoms with Crippen LogP contribution in [0.4, 0.5) is 57.8 Å². The number of carbonyl (C=O) groups is 6. The van der Waals surface area contributed by atoms with Gasteiger partial charge in [0.15, 0.2) is 12.2 Å². The van der Waals surface area contributed by atoms with Crippen molar-refractivity contribution < 1.29 is 98.9 Å². The number of thiophene rings is 3. The number of nitrogen functional groups attached to an aromatic ring is 3. The van der Waals surface area contributed by atoms with Crippen LogP contribution in [0, 0.1) is 16.2 Å². The summed E-state index contributed by atoms with van der Waals surface area (Å²) >= 11 is 4.27. The average Bonchev–Trinajstić information content (AvgIpc) is 1.68. The van der Waals surface area contributed by atoms with E-state index in [2.05, 4.69) is 16.0 Å². The van der Waals surface area contributed by atoms with Gasteiger partial charge in [0.1, 0.15) is 60.2 Å². The summed E-state index contributed by atoms with van der Waals surface area (Å²) in [6.07, 6.45) is -13.7. The highest BCUT2D eigenvalue weighted by Gasteiger charge is 2.39. The maximum absolute atomic E-state index is 12.4. The Kier molecular flexibility index (Phi) is 29.5. The standard InChI is InChI=1S/C26H25N3O4S.C25H22N4O4S.C20H21N3O3S.2C2HF3O2/c1-16(30)17-10-12-19(13-11-17)29-26(31)32-15-22(18-6-3-2-4-7-18)33-21-8-5-9-23-20(21)14-24(34-23)25(27)28;26-23(27)22-13-18-19(7-4-8-21(18)34-22)33-20(15-5-2-1-3-6-15)14-32-25(31)29-17-11-9-16(10-12-17)24(28)30;1-20(2,12-25-19(24)23-13-7-4-3-5-8-13)26-15-9-6-10-16-14(15)11-17(27-16)18(21)22;2*3-2(4,5)1(6)7/h2-14,16,22,30H,15H2,1H3,(H3,27,28)(H,29,31);1-13,20H,14H2,(H3,26,27)(H2,28,30)(H,29,31);3-11H,12H2,1-2H3,(H3,21,22)(H,23,24);2*(H,6,7). The number of carbonyl (C=O) groups excluding carboxylic acids is 4. The Morgan fingerprint density at radius 2 is 0.761 bits per heavy atom. The number of aliphatic hydroxyl groups excluding tert-OH is 1. The molecule has 17 N–H and O–H groups in total. The van der Waals surface area contributed by atoms with Gasteiger partial charge < -0.3 is 66.7 Å². The van der Waals surface area contributed by atoms with Gasteiger partial charge in [-0.1, -0.05) is 109 Å². The molecule has 0 saturated carbocycles. The number of primary amides is 1. The third-order valence-corrected chi connectivity index (χ3v) is 17.9. The molecule has 25 nitrogen and oxygen atoms in total. The summed E-state index contributed by atoms with van der Waals surface area (Å²) in [7, 11) is 0. The number of aliphatic hydroxyl groups is 1. The van der Waals surface area contributed by atoms with Crippen molar-refractivity contribution in [1.29, 1.82) is 16.2 Å². The second-order valence-corrected chi connectivity index (χ2v) is 26.6. The topological polar surface area (TPSA) is 430 Å². The van der Waals surface area contributed by atoms with E-state index in [-0.39, 0.29) is 37.3 Å². The van der Waals surface area contributed by atoms with Gasteiger partial charge in [0.05, 0.1) is 20.7 Å². The predicted molar refractivity (Wildman–Crippen MR) is 404 cm³/mol. The molecule has 0 fully saturated rings. The van der Waals surface area contributed by atoms with E-state index >= 15 is 0 Å². The van der Waals surface area contributed by atoms with E-state index in [1.165, 1.54) is 46.1 Å². The minimum absolute atomic E-state index is 0.00405. The number of alkyl halides is 6. The fraction of sp³-hybridized carbons (Fsp3) is 0.160. The predicted octanol–water partition coefficient (Wildman–Crippen LogP) is 16.1. The smallest absolute Gasteiger partial charge is 0.484 e. The highest BCUT2D eigenvalue weighted by atomic mass is 32.1. The van der Waals surface area contributed by atoms with E-state index in [9.17, 15) is 50.6 Å². The van der Waals surface area contributed by atoms with Crippen LogP contribution in [0.25, 0.3) is 30.3 Å². The summed E-state index contributed by atoms with van der Waals surface area (Å²) in [5.41, 5.74) is 25.9. The second-order valence-electron chi connectivity index (χ2n) is 23.3. The van der Waals surface area contributed by atoms with Crippen LogP contribution in [0.3, 0.4) is 0 Å². The van der Waals surface area contributed by atoms with Crippen LogP contribution in [-0.2, 0) is 23.8 Å². The molecule has 0 saturated heterocycles. The Morgan fingerprint density at radius 3 is 1.10 bits per heavy atom. The number of rotatable bonds is 22. The number of ether oxygens (including phenoxy) is 6. The number of nitrogens with one attached hydrogen (secondary N) is 6. The normalized spacial score (nSPS) is 11.8. The van der Waals surface area contributed by atoms with Crippen molar-refractivity contribution in [3.63, 3.8) is 0 Å². The number of benzene rings is 8. The Balaban J connectivity index is 0.000000210. The minimum Gasteiger partial charge on any atom is -0.484 e. The molecule has 11 rings (SSSR count). The number of hydrogen-bond acceptors (Lipinski definition) is 19. The Morgan fingerprint density at radius 1 is 0.440 bits per heavy atom. The second kappa shape index (κ2) is 38.5. The molecule has 8 aromatic carbocycles. The first-order valence-corrected chi connectivity index (χ1v) is 34.4. The third kappa shape index (κ3) is 26.0. The van der Waals surface area contributed by atoms with Gasteiger partial charge in [-0.15, -0.1) is 34.0 Å². The number of carboxylic acid groups (broad SMARTS) is 2. The molecule has 3 heterocycles. The zero-order chi connectivity index (χ0) is 79.8. The lowest BCUT2D eigenvalue weighted by Gasteiger charge is -2.26. The van der Waals surface area contributed by atoms with Crippen LogP contribution in [0.15, 0.2) is 212 Å². The zero-order valence-corrected chi connectivity index (χ0v) is 60.1. The maximum Gasteiger partial charge on any atom is 0.490 e. The molecule has 4 amide bonds. The third-order valence-electron chi connectivity index (χ3n) is 14.5. The molecular weight excluding hydrogens is 1490 g/mol. The van der Waals surface area contributed by atoms with Crippen LogP contribution in [0.5, 0.6) is 17.2 Å². The fourth-order valence-electron chi connectivity index (χ4n) is 9.25. The van der Waals surface area contributed by atoms with Crippen molar-refractivity contribution in [2.24, 2.45) is 22.9 Å². The number of halogens is 6. The molecule has 570 valence electrons. The maximum atomic E-state index is 12.4. The summed E-state index contributed by atoms with van der Waals surface area (Å²) in [6.45, 7) is 5.39. The summed E-state index contributed by atoms with van der Waals surface area (Å²) in [4.78, 5) is 67.8. The van der Waals surface area contributed by atoms with Crippen molar-refractivity contribution in [2.45, 2.75) is 57.0 Å². The number of nitrogens with two attached hydrogens (primary N) is 4. The van der Waals surface area contributed by atoms with Gasteiger partial charge in [0, 0.05) is 52.9 Å². The zero-order valence-electron chi connectivity index (χ0n) is 57.6. The number of hydrogen-bond donors (Lipinski definition) is 13. The summed E-state index contributed by atoms with van der Waals surface area (Å²) < 4.78 is 101. The number of amides is 4. The number of para-hydroxylation sites is 1. The van der Waals surface area contributed by atoms with Crippen LogP contribution in [0.1, 0.15) is 80.8 Å². The van der Waals surface area contributed by atoms with E-state index in [4.69, 9.17) is 87.4 Å². The molecule has 0 aliphatic rings. The number of fused-ring (bicyclic) bond motifs is 3. The van der Waals surface area contributed by atoms with Crippen LogP contribution >= 0.6 is 34.0 Å². The molecule has 0 spiro atoms. The van der Waals surface area contributed by atoms with Crippen LogP contribution in [-0.4, -0.2) is 107 Å². The highest BCUT2D eigenvalue weighted by Crippen LogP contribution is 2.38. The van der Waals surface area contributed by atoms with Gasteiger partial charge >= 0.3 is 42.6 Å². The van der Waals surface area contributed by atoms with Crippen LogP contribution < -0.4 is 53.1 Å². The van der Waals surface area contributed by atoms with E-state index in [0.717, 1.165) is 46.9 Å². The highest BCUT2D eigenvalue weighted by molar-refractivity contribution is 7.21. The lowest BCUT2D eigenvalue weighted by atomic mass is 10.1. The van der Waals surface area contributed by atoms with Crippen LogP contribution in [0.2, 0.25) is 0 Å². The first kappa shape index (κ1) is 83.5. The summed E-state index contributed by atoms with van der Waals surface area (Å²) in [6, 6.07) is 63.6. The fourth-order valence-corrected chi connectivity index (χ4v) is 12.1. The molecule has 0 aliphatic carbocycles. The van der Waals surface area contributed by atoms with Gasteiger partial charge in [-0.05, 0) is 141 Å². The molecule has 3 atom stereocenters. The van der Waals surface area contributed by atoms with Gasteiger partial charge in [-0.25, -0.2) is 24.0 Å². The number of amidine groups is 3. The summed E-state index contributed by atoms with van der Waals surface area (Å²) in [5, 5.41) is 57.5. The Labute approximate surface area is 629 Å². The average molecular weight is 1560 g/mol. The van der Waals surface area contributed by atoms with Gasteiger partial charge in [-0.3, -0.25) is 37.0 Å². The van der Waals surface area contributed by atoms with E-state index in [0.29, 0.717) is 54.5 Å². The minimum atomic E-state index is -5.08. The number of carboxylic acids is 2. The lowest BCUT2D eigenvalue weighted by molar-refractivity contribution is -0.193. The monoisotopic (exact) mass is 1560 g/mol. The molecule has 3 unspecified atom stereocenters. The Hall–Kier alpha value is -12.8. The van der Waals surface area contributed by atoms with Gasteiger partial charge in [0.2, 0.25) is 5.91 Å². The number of anilines is 3. The molecule has 0 radical (unpaired) electrons. The lowest BCUT2D eigenvalue weighted by Crippen LogP contribution is -2.36. The molecule has 109 heavy (non-hydrogen) atoms. The van der Waals surface area contributed by atoms with Crippen molar-refractivity contribution in [1.82, 2.24) is 0 Å². The molecule has 34 heteroatoms. The van der Waals surface area contributed by atoms with Crippen molar-refractivity contribution in [2.75, 3.05) is 35.8 Å². The number of aliphatic carboxylic acids is 2. The summed E-state index contributed by atoms with van der Waals surface area (Å²) in [5.74, 6) is -4.15. The van der Waals surface area contributed by atoms with E-state index in [1.54, 1.807) is 55.5 Å². The first-order valence-electron chi connectivity index (χ1n) is 31.9. The van der Waals surface area contributed by atoms with E-state index < -0.39 is 72.4 Å². The van der Waals surface area contributed by atoms with Crippen molar-refractivity contribution >= 4 is 135 Å². The molecule has 0 bridgehead atoms. The molecular formula is C75H70F6N10O15S3. The van der Waals surface area contributed by atoms with Gasteiger partial charge in [0.25, 0.3) is 0 Å². The van der Waals surface area contributed by atoms with Gasteiger partial charge in [-0.2, -0.15) is 26.3 Å². The quantitative estimate of drug-likeness (QED) is 0.0130. The SMILES string of the molecule is CC(C)(COC(=O)Nc1ccccc1)Oc1cccc2sc(C(=N)N)cc12.CC(O)c1ccc(NC(=O)OCC(Oc2cccc3sc(C(=N)N)cc23)c2ccccc2)cc1.N=C(N)c1cc2c(OC(COC(=O)Nc3ccc(C(N)=O)cc3)c3ccccc3)cccc2s1.O=C(O)C(F)(F)F.O=C(O)C(F)(F)F. The molecule has 0 aliphatic heterocycles. The van der Waals surface area contributed by atoms with Crippen molar-refractivity contribution in [3.8, 4) is 17.2 Å². The molecule has 3 aromatic heterocycles. The Bertz CT molecular complexity index is 4950.